The van der Waals surface area contributed by atoms with Crippen LogP contribution < -0.4 is 22.1 Å². The minimum absolute atomic E-state index is 0.0104. The van der Waals surface area contributed by atoms with Crippen LogP contribution in [0.4, 0.5) is 9.59 Å². The van der Waals surface area contributed by atoms with Crippen LogP contribution in [0.25, 0.3) is 55.0 Å². The molecule has 13 nitrogen and oxygen atoms in total. The number of carbonyl (C=O) groups is 2. The van der Waals surface area contributed by atoms with Crippen LogP contribution in [0, 0.1) is 11.8 Å². The monoisotopic (exact) mass is 848 g/mol. The molecule has 2 amide bonds. The largest absolute Gasteiger partial charge is 0.444 e. The first-order valence-electron chi connectivity index (χ1n) is 22.4. The number of fused-ring (bicyclic) bond motifs is 6. The molecule has 3 aromatic carbocycles. The maximum absolute atomic E-state index is 12.8. The number of carbonyl (C=O) groups excluding carboxylic acids is 2. The molecule has 0 spiro atoms. The third-order valence-electron chi connectivity index (χ3n) is 11.5. The Hall–Kier alpha value is -5.27. The standard InChI is InChI=1S/C49H69N9O4/c1-28(2)40(55-46(59)61-48(5,6)7)26-32(13-11-23-50)44-53-38-19-16-30-25-31(15-17-34(30)42(38)57-44)36-20-18-35-37(52-36)21-22-39-43(35)58-45(54-39)33(14-12-24-51)27-41(29(3)4)56-47(60)62-49(8,9)10/h15-22,25,28-29,32-33,40-41,52H,11-14,23-24,26-27,50-51H2,1-10H3,(H,53,57)(H,55,59)(H,56,60)/t32?,33?,40-,41-/m1/s1. The highest BCUT2D eigenvalue weighted by atomic mass is 16.6. The Labute approximate surface area is 366 Å². The molecule has 4 atom stereocenters. The summed E-state index contributed by atoms with van der Waals surface area (Å²) in [5.41, 5.74) is 17.4. The van der Waals surface area contributed by atoms with Crippen molar-refractivity contribution in [3.63, 3.8) is 0 Å². The highest BCUT2D eigenvalue weighted by molar-refractivity contribution is 6.06. The van der Waals surface area contributed by atoms with Crippen molar-refractivity contribution in [3.8, 4) is 11.3 Å². The molecule has 6 rings (SSSR count). The number of nitrogens with one attached hydrogen (secondary N) is 4. The van der Waals surface area contributed by atoms with Gasteiger partial charge in [-0.3, -0.25) is 0 Å². The van der Waals surface area contributed by atoms with E-state index in [4.69, 9.17) is 35.9 Å². The number of hydrogen-bond donors (Lipinski definition) is 6. The second-order valence-electron chi connectivity index (χ2n) is 19.6. The van der Waals surface area contributed by atoms with E-state index < -0.39 is 23.4 Å². The van der Waals surface area contributed by atoms with Gasteiger partial charge in [0.15, 0.2) is 0 Å². The van der Waals surface area contributed by atoms with Gasteiger partial charge in [-0.1, -0.05) is 45.9 Å². The highest BCUT2D eigenvalue weighted by Crippen LogP contribution is 2.35. The SMILES string of the molecule is CC(C)[C@@H](CC(CCCN)c1nc2ccc3[nH]c(-c4ccc5c(ccc6[nH]c(C(CCCN)C[C@@H](NC(=O)OC(C)(C)C)C(C)C)nc65)c4)ccc3c2n1)NC(=O)OC(C)(C)C. The fourth-order valence-electron chi connectivity index (χ4n) is 8.20. The maximum atomic E-state index is 12.8. The zero-order valence-corrected chi connectivity index (χ0v) is 38.4. The molecule has 62 heavy (non-hydrogen) atoms. The zero-order valence-electron chi connectivity index (χ0n) is 38.4. The fourth-order valence-corrected chi connectivity index (χ4v) is 8.20. The molecule has 8 N–H and O–H groups in total. The molecule has 0 aliphatic rings. The normalized spacial score (nSPS) is 14.5. The van der Waals surface area contributed by atoms with Gasteiger partial charge in [0.05, 0.1) is 16.6 Å². The number of amides is 2. The van der Waals surface area contributed by atoms with Crippen molar-refractivity contribution in [1.82, 2.24) is 35.6 Å². The Morgan fingerprint density at radius 1 is 0.661 bits per heavy atom. The number of benzene rings is 3. The Morgan fingerprint density at radius 2 is 1.24 bits per heavy atom. The van der Waals surface area contributed by atoms with E-state index in [2.05, 4.69) is 96.8 Å². The first-order valence-corrected chi connectivity index (χ1v) is 22.4. The van der Waals surface area contributed by atoms with Gasteiger partial charge < -0.3 is 41.5 Å². The van der Waals surface area contributed by atoms with Crippen LogP contribution in [0.5, 0.6) is 0 Å². The summed E-state index contributed by atoms with van der Waals surface area (Å²) in [6, 6.07) is 18.8. The topological polar surface area (TPSA) is 199 Å². The molecule has 334 valence electrons. The third-order valence-corrected chi connectivity index (χ3v) is 11.5. The number of aromatic nitrogens is 5. The molecule has 0 aliphatic carbocycles. The summed E-state index contributed by atoms with van der Waals surface area (Å²) in [4.78, 5) is 48.2. The molecule has 0 saturated carbocycles. The predicted molar refractivity (Wildman–Crippen MR) is 251 cm³/mol. The van der Waals surface area contributed by atoms with Gasteiger partial charge in [-0.25, -0.2) is 24.5 Å². The molecule has 0 radical (unpaired) electrons. The van der Waals surface area contributed by atoms with Crippen LogP contribution in [-0.2, 0) is 9.47 Å². The number of alkyl carbamates (subject to hydrolysis) is 2. The number of H-pyrrole nitrogens is 2. The third kappa shape index (κ3) is 11.6. The average Bonchev–Trinajstić information content (AvgIpc) is 3.84. The first-order chi connectivity index (χ1) is 29.3. The fraction of sp³-hybridized carbons (Fsp3) is 0.531. The highest BCUT2D eigenvalue weighted by Gasteiger charge is 2.29. The van der Waals surface area contributed by atoms with E-state index in [1.165, 1.54) is 0 Å². The Bertz CT molecular complexity index is 2300. The van der Waals surface area contributed by atoms with E-state index in [0.717, 1.165) is 92.3 Å². The van der Waals surface area contributed by atoms with E-state index >= 15 is 0 Å². The Kier molecular flexibility index (Phi) is 14.5. The molecule has 0 bridgehead atoms. The quantitative estimate of drug-likeness (QED) is 0.0517. The lowest BCUT2D eigenvalue weighted by Gasteiger charge is -2.28. The van der Waals surface area contributed by atoms with Crippen LogP contribution in [0.2, 0.25) is 0 Å². The molecule has 0 aliphatic heterocycles. The van der Waals surface area contributed by atoms with Crippen molar-refractivity contribution in [1.29, 1.82) is 0 Å². The van der Waals surface area contributed by atoms with Crippen LogP contribution in [-0.4, -0.2) is 73.5 Å². The second kappa shape index (κ2) is 19.4. The lowest BCUT2D eigenvalue weighted by atomic mass is 9.89. The number of hydrogen-bond acceptors (Lipinski definition) is 9. The summed E-state index contributed by atoms with van der Waals surface area (Å²) in [6.07, 6.45) is 3.90. The smallest absolute Gasteiger partial charge is 0.407 e. The van der Waals surface area contributed by atoms with E-state index in [1.54, 1.807) is 0 Å². The Balaban J connectivity index is 1.26. The lowest BCUT2D eigenvalue weighted by Crippen LogP contribution is -2.42. The average molecular weight is 848 g/mol. The van der Waals surface area contributed by atoms with Gasteiger partial charge in [0.25, 0.3) is 0 Å². The summed E-state index contributed by atoms with van der Waals surface area (Å²) in [5.74, 6) is 2.13. The molecule has 0 saturated heterocycles. The van der Waals surface area contributed by atoms with E-state index in [-0.39, 0.29) is 35.8 Å². The molecule has 2 unspecified atom stereocenters. The lowest BCUT2D eigenvalue weighted by molar-refractivity contribution is 0.0472. The predicted octanol–water partition coefficient (Wildman–Crippen LogP) is 10.3. The number of aromatic amines is 2. The molecule has 6 aromatic rings. The van der Waals surface area contributed by atoms with Crippen LogP contribution in [0.3, 0.4) is 0 Å². The first kappa shape index (κ1) is 46.2. The number of imidazole rings is 2. The Morgan fingerprint density at radius 3 is 1.84 bits per heavy atom. The van der Waals surface area contributed by atoms with Crippen LogP contribution in [0.15, 0.2) is 54.6 Å². The van der Waals surface area contributed by atoms with E-state index in [0.29, 0.717) is 25.9 Å². The van der Waals surface area contributed by atoms with Gasteiger partial charge in [-0.05, 0) is 152 Å². The summed E-state index contributed by atoms with van der Waals surface area (Å²) < 4.78 is 11.2. The number of pyridine rings is 1. The van der Waals surface area contributed by atoms with Crippen LogP contribution >= 0.6 is 0 Å². The van der Waals surface area contributed by atoms with E-state index in [9.17, 15) is 9.59 Å². The van der Waals surface area contributed by atoms with Crippen molar-refractivity contribution in [2.75, 3.05) is 13.1 Å². The number of ether oxygens (including phenoxy) is 2. The molecule has 3 heterocycles. The molecule has 0 fully saturated rings. The molecular formula is C49H69N9O4. The van der Waals surface area contributed by atoms with Crippen molar-refractivity contribution in [2.24, 2.45) is 23.3 Å². The maximum Gasteiger partial charge on any atom is 0.407 e. The number of rotatable bonds is 17. The van der Waals surface area contributed by atoms with E-state index in [1.807, 2.05) is 47.6 Å². The van der Waals surface area contributed by atoms with Gasteiger partial charge in [0.1, 0.15) is 28.4 Å². The molecule has 3 aromatic heterocycles. The van der Waals surface area contributed by atoms with Crippen molar-refractivity contribution in [2.45, 2.75) is 143 Å². The van der Waals surface area contributed by atoms with Crippen molar-refractivity contribution < 1.29 is 19.1 Å². The summed E-state index contributed by atoms with van der Waals surface area (Å²) in [5, 5.41) is 9.37. The number of nitrogens with two attached hydrogens (primary N) is 2. The van der Waals surface area contributed by atoms with Gasteiger partial charge in [0.2, 0.25) is 0 Å². The summed E-state index contributed by atoms with van der Waals surface area (Å²) in [6.45, 7) is 20.8. The number of nitrogens with zero attached hydrogens (tertiary/aromatic N) is 3. The summed E-state index contributed by atoms with van der Waals surface area (Å²) >= 11 is 0. The van der Waals surface area contributed by atoms with Crippen LogP contribution in [0.1, 0.15) is 131 Å². The minimum atomic E-state index is -0.583. The summed E-state index contributed by atoms with van der Waals surface area (Å²) in [7, 11) is 0. The molecule has 13 heteroatoms. The van der Waals surface area contributed by atoms with Gasteiger partial charge in [-0.15, -0.1) is 0 Å². The van der Waals surface area contributed by atoms with Gasteiger partial charge in [-0.2, -0.15) is 0 Å². The van der Waals surface area contributed by atoms with Gasteiger partial charge >= 0.3 is 12.2 Å². The minimum Gasteiger partial charge on any atom is -0.444 e. The van der Waals surface area contributed by atoms with Crippen molar-refractivity contribution in [3.05, 3.63) is 66.2 Å². The van der Waals surface area contributed by atoms with Gasteiger partial charge in [0, 0.05) is 45.9 Å². The zero-order chi connectivity index (χ0) is 44.9. The molecular weight excluding hydrogens is 779 g/mol. The van der Waals surface area contributed by atoms with Crippen molar-refractivity contribution >= 4 is 55.9 Å². The second-order valence-corrected chi connectivity index (χ2v) is 19.6.